The summed E-state index contributed by atoms with van der Waals surface area (Å²) in [7, 11) is 2.34. The van der Waals surface area contributed by atoms with Gasteiger partial charge in [0, 0.05) is 31.3 Å². The van der Waals surface area contributed by atoms with Gasteiger partial charge in [0.25, 0.3) is 0 Å². The van der Waals surface area contributed by atoms with Gasteiger partial charge in [-0.1, -0.05) is 20.8 Å². The molecule has 1 aliphatic carbocycles. The molecule has 1 saturated carbocycles. The van der Waals surface area contributed by atoms with Gasteiger partial charge in [-0.3, -0.25) is 4.90 Å². The van der Waals surface area contributed by atoms with Crippen molar-refractivity contribution in [2.45, 2.75) is 71.0 Å². The van der Waals surface area contributed by atoms with Crippen LogP contribution in [0.2, 0.25) is 0 Å². The summed E-state index contributed by atoms with van der Waals surface area (Å²) in [5.74, 6) is 0. The summed E-state index contributed by atoms with van der Waals surface area (Å²) in [6.07, 6.45) is 6.30. The van der Waals surface area contributed by atoms with Gasteiger partial charge in [-0.15, -0.1) is 0 Å². The summed E-state index contributed by atoms with van der Waals surface area (Å²) < 4.78 is 5.50. The molecule has 0 aromatic heterocycles. The molecular weight excluding hydrogens is 236 g/mol. The monoisotopic (exact) mass is 268 g/mol. The SMILES string of the molecule is CCCNC1C(N(C)C2CCOCC2)CCC1(C)C. The van der Waals surface area contributed by atoms with E-state index >= 15 is 0 Å². The second kappa shape index (κ2) is 6.55. The van der Waals surface area contributed by atoms with Gasteiger partial charge in [-0.2, -0.15) is 0 Å². The second-order valence-electron chi connectivity index (χ2n) is 7.04. The van der Waals surface area contributed by atoms with Crippen molar-refractivity contribution in [1.29, 1.82) is 0 Å². The Kier molecular flexibility index (Phi) is 5.27. The minimum absolute atomic E-state index is 0.430. The Morgan fingerprint density at radius 2 is 1.89 bits per heavy atom. The molecule has 2 aliphatic rings. The highest BCUT2D eigenvalue weighted by Crippen LogP contribution is 2.40. The van der Waals surface area contributed by atoms with Crippen molar-refractivity contribution in [2.75, 3.05) is 26.8 Å². The predicted octanol–water partition coefficient (Wildman–Crippen LogP) is 2.65. The van der Waals surface area contributed by atoms with Gasteiger partial charge < -0.3 is 10.1 Å². The van der Waals surface area contributed by atoms with Gasteiger partial charge in [-0.25, -0.2) is 0 Å². The average molecular weight is 268 g/mol. The van der Waals surface area contributed by atoms with Crippen molar-refractivity contribution in [1.82, 2.24) is 10.2 Å². The lowest BCUT2D eigenvalue weighted by atomic mass is 9.86. The van der Waals surface area contributed by atoms with Crippen molar-refractivity contribution in [3.05, 3.63) is 0 Å². The summed E-state index contributed by atoms with van der Waals surface area (Å²) in [5, 5.41) is 3.82. The Hall–Kier alpha value is -0.120. The zero-order chi connectivity index (χ0) is 13.9. The lowest BCUT2D eigenvalue weighted by molar-refractivity contribution is 0.0216. The van der Waals surface area contributed by atoms with Gasteiger partial charge in [0.15, 0.2) is 0 Å². The van der Waals surface area contributed by atoms with Crippen molar-refractivity contribution < 1.29 is 4.74 Å². The van der Waals surface area contributed by atoms with E-state index in [9.17, 15) is 0 Å². The first-order valence-corrected chi connectivity index (χ1v) is 8.09. The van der Waals surface area contributed by atoms with E-state index in [0.717, 1.165) is 25.8 Å². The molecule has 2 unspecified atom stereocenters. The van der Waals surface area contributed by atoms with Crippen LogP contribution in [-0.4, -0.2) is 49.8 Å². The van der Waals surface area contributed by atoms with Gasteiger partial charge in [0.2, 0.25) is 0 Å². The molecule has 2 atom stereocenters. The van der Waals surface area contributed by atoms with E-state index in [-0.39, 0.29) is 0 Å². The van der Waals surface area contributed by atoms with Gasteiger partial charge >= 0.3 is 0 Å². The standard InChI is InChI=1S/C16H32N2O/c1-5-10-17-15-14(6-9-16(15,2)3)18(4)13-7-11-19-12-8-13/h13-15,17H,5-12H2,1-4H3. The molecule has 19 heavy (non-hydrogen) atoms. The smallest absolute Gasteiger partial charge is 0.0480 e. The Morgan fingerprint density at radius 3 is 2.53 bits per heavy atom. The van der Waals surface area contributed by atoms with E-state index in [0.29, 0.717) is 17.5 Å². The first-order valence-electron chi connectivity index (χ1n) is 8.09. The second-order valence-corrected chi connectivity index (χ2v) is 7.04. The summed E-state index contributed by atoms with van der Waals surface area (Å²) in [4.78, 5) is 2.66. The maximum atomic E-state index is 5.50. The van der Waals surface area contributed by atoms with Crippen molar-refractivity contribution in [3.8, 4) is 0 Å². The molecule has 0 aromatic rings. The third-order valence-electron chi connectivity index (χ3n) is 5.22. The highest BCUT2D eigenvalue weighted by Gasteiger charge is 2.44. The summed E-state index contributed by atoms with van der Waals surface area (Å²) >= 11 is 0. The fraction of sp³-hybridized carbons (Fsp3) is 1.00. The Balaban J connectivity index is 2.00. The molecule has 1 N–H and O–H groups in total. The molecule has 0 spiro atoms. The van der Waals surface area contributed by atoms with Crippen LogP contribution in [0.25, 0.3) is 0 Å². The van der Waals surface area contributed by atoms with Crippen molar-refractivity contribution >= 4 is 0 Å². The van der Waals surface area contributed by atoms with E-state index in [1.54, 1.807) is 0 Å². The van der Waals surface area contributed by atoms with E-state index in [1.165, 1.54) is 32.1 Å². The van der Waals surface area contributed by atoms with E-state index in [4.69, 9.17) is 4.74 Å². The summed E-state index contributed by atoms with van der Waals surface area (Å²) in [6, 6.07) is 2.06. The van der Waals surface area contributed by atoms with E-state index < -0.39 is 0 Å². The maximum absolute atomic E-state index is 5.50. The highest BCUT2D eigenvalue weighted by molar-refractivity contribution is 5.01. The molecule has 0 amide bonds. The normalized spacial score (nSPS) is 32.1. The molecule has 0 bridgehead atoms. The van der Waals surface area contributed by atoms with Crippen LogP contribution in [0.5, 0.6) is 0 Å². The molecule has 3 heteroatoms. The van der Waals surface area contributed by atoms with Gasteiger partial charge in [0.1, 0.15) is 0 Å². The van der Waals surface area contributed by atoms with Crippen LogP contribution in [0.4, 0.5) is 0 Å². The van der Waals surface area contributed by atoms with Gasteiger partial charge in [0.05, 0.1) is 0 Å². The first-order chi connectivity index (χ1) is 9.06. The number of rotatable bonds is 5. The maximum Gasteiger partial charge on any atom is 0.0480 e. The largest absolute Gasteiger partial charge is 0.381 e. The number of hydrogen-bond acceptors (Lipinski definition) is 3. The Labute approximate surface area is 119 Å². The topological polar surface area (TPSA) is 24.5 Å². The average Bonchev–Trinajstić information content (AvgIpc) is 2.72. The Morgan fingerprint density at radius 1 is 1.21 bits per heavy atom. The number of ether oxygens (including phenoxy) is 1. The van der Waals surface area contributed by atoms with Crippen LogP contribution in [-0.2, 0) is 4.74 Å². The van der Waals surface area contributed by atoms with Crippen LogP contribution in [0.15, 0.2) is 0 Å². The zero-order valence-electron chi connectivity index (χ0n) is 13.2. The van der Waals surface area contributed by atoms with Crippen LogP contribution >= 0.6 is 0 Å². The summed E-state index contributed by atoms with van der Waals surface area (Å²) in [6.45, 7) is 10.1. The molecule has 1 saturated heterocycles. The first kappa shape index (κ1) is 15.3. The predicted molar refractivity (Wildman–Crippen MR) is 80.5 cm³/mol. The lowest BCUT2D eigenvalue weighted by Crippen LogP contribution is -2.54. The molecule has 1 aliphatic heterocycles. The fourth-order valence-electron chi connectivity index (χ4n) is 3.88. The van der Waals surface area contributed by atoms with Crippen LogP contribution < -0.4 is 5.32 Å². The molecule has 0 aromatic carbocycles. The van der Waals surface area contributed by atoms with Crippen LogP contribution in [0, 0.1) is 5.41 Å². The highest BCUT2D eigenvalue weighted by atomic mass is 16.5. The number of nitrogens with one attached hydrogen (secondary N) is 1. The molecule has 2 fully saturated rings. The molecular formula is C16H32N2O. The molecule has 1 heterocycles. The third kappa shape index (κ3) is 3.50. The molecule has 3 nitrogen and oxygen atoms in total. The molecule has 2 rings (SSSR count). The van der Waals surface area contributed by atoms with E-state index in [1.807, 2.05) is 0 Å². The minimum atomic E-state index is 0.430. The van der Waals surface area contributed by atoms with Gasteiger partial charge in [-0.05, 0) is 51.1 Å². The van der Waals surface area contributed by atoms with Crippen molar-refractivity contribution in [3.63, 3.8) is 0 Å². The molecule has 112 valence electrons. The fourth-order valence-corrected chi connectivity index (χ4v) is 3.88. The Bertz CT molecular complexity index is 274. The lowest BCUT2D eigenvalue weighted by Gasteiger charge is -2.41. The number of nitrogens with zero attached hydrogens (tertiary/aromatic N) is 1. The van der Waals surface area contributed by atoms with Crippen molar-refractivity contribution in [2.24, 2.45) is 5.41 Å². The quantitative estimate of drug-likeness (QED) is 0.829. The van der Waals surface area contributed by atoms with E-state index in [2.05, 4.69) is 38.0 Å². The van der Waals surface area contributed by atoms with Crippen LogP contribution in [0.3, 0.4) is 0 Å². The number of hydrogen-bond donors (Lipinski definition) is 1. The summed E-state index contributed by atoms with van der Waals surface area (Å²) in [5.41, 5.74) is 0.430. The van der Waals surface area contributed by atoms with Crippen LogP contribution in [0.1, 0.15) is 52.9 Å². The zero-order valence-corrected chi connectivity index (χ0v) is 13.2. The third-order valence-corrected chi connectivity index (χ3v) is 5.22. The number of likely N-dealkylation sites (N-methyl/N-ethyl adjacent to an activating group) is 1. The molecule has 0 radical (unpaired) electrons. The minimum Gasteiger partial charge on any atom is -0.381 e.